The molecule has 0 N–H and O–H groups in total. The van der Waals surface area contributed by atoms with E-state index in [1.54, 1.807) is 0 Å². The third-order valence-electron chi connectivity index (χ3n) is 4.66. The largest absolute Gasteiger partial charge is 0.460 e. The van der Waals surface area contributed by atoms with E-state index < -0.39 is 42.2 Å². The van der Waals surface area contributed by atoms with Gasteiger partial charge in [-0.1, -0.05) is 26.0 Å². The average molecular weight is 421 g/mol. The van der Waals surface area contributed by atoms with Crippen molar-refractivity contribution >= 4 is 21.9 Å². The first kappa shape index (κ1) is 20.0. The van der Waals surface area contributed by atoms with Gasteiger partial charge in [-0.25, -0.2) is 13.2 Å². The molecule has 1 fully saturated rings. The highest BCUT2D eigenvalue weighted by Crippen LogP contribution is 2.59. The summed E-state index contributed by atoms with van der Waals surface area (Å²) < 4.78 is 51.9. The summed E-state index contributed by atoms with van der Waals surface area (Å²) in [5.74, 6) is -4.39. The van der Waals surface area contributed by atoms with Crippen molar-refractivity contribution in [3.8, 4) is 0 Å². The van der Waals surface area contributed by atoms with Gasteiger partial charge in [0.15, 0.2) is 11.6 Å². The molecule has 7 heteroatoms. The van der Waals surface area contributed by atoms with E-state index in [1.807, 2.05) is 32.9 Å². The van der Waals surface area contributed by atoms with E-state index in [1.165, 1.54) is 7.11 Å². The monoisotopic (exact) mass is 420 g/mol. The maximum Gasteiger partial charge on any atom is 0.310 e. The van der Waals surface area contributed by atoms with Crippen molar-refractivity contribution in [2.75, 3.05) is 7.11 Å². The van der Waals surface area contributed by atoms with Crippen molar-refractivity contribution in [1.82, 2.24) is 0 Å². The average Bonchev–Trinajstić information content (AvgIpc) is 3.10. The second-order valence-electron chi connectivity index (χ2n) is 6.60. The van der Waals surface area contributed by atoms with Crippen LogP contribution in [-0.2, 0) is 27.5 Å². The molecule has 0 heterocycles. The van der Waals surface area contributed by atoms with Crippen molar-refractivity contribution in [3.05, 3.63) is 45.2 Å². The molecule has 1 aliphatic carbocycles. The number of hydrogen-bond donors (Lipinski definition) is 0. The molecule has 0 radical (unpaired) electrons. The fourth-order valence-electron chi connectivity index (χ4n) is 3.05. The number of ether oxygens (including phenoxy) is 2. The molecule has 1 unspecified atom stereocenters. The number of methoxy groups -OCH3 is 1. The number of carbonyl (C=O) groups excluding carboxylic acids is 1. The van der Waals surface area contributed by atoms with Crippen molar-refractivity contribution in [2.45, 2.75) is 34.0 Å². The summed E-state index contributed by atoms with van der Waals surface area (Å²) in [6.07, 6.45) is 3.77. The lowest BCUT2D eigenvalue weighted by atomic mass is 10.1. The molecular weight excluding hydrogens is 401 g/mol. The molecule has 3 nitrogen and oxygen atoms in total. The van der Waals surface area contributed by atoms with E-state index in [0.717, 1.165) is 0 Å². The molecule has 0 bridgehead atoms. The van der Waals surface area contributed by atoms with Gasteiger partial charge in [-0.2, -0.15) is 0 Å². The molecule has 0 aromatic heterocycles. The number of rotatable bonds is 6. The molecule has 25 heavy (non-hydrogen) atoms. The van der Waals surface area contributed by atoms with E-state index in [4.69, 9.17) is 4.74 Å². The van der Waals surface area contributed by atoms with Crippen LogP contribution in [0, 0.1) is 34.7 Å². The molecule has 1 aromatic carbocycles. The Bertz CT molecular complexity index is 687. The summed E-state index contributed by atoms with van der Waals surface area (Å²) in [5.41, 5.74) is -1.14. The van der Waals surface area contributed by atoms with E-state index in [9.17, 15) is 18.0 Å². The number of benzene rings is 1. The maximum atomic E-state index is 14.2. The van der Waals surface area contributed by atoms with Crippen LogP contribution in [0.5, 0.6) is 0 Å². The van der Waals surface area contributed by atoms with Gasteiger partial charge in [0, 0.05) is 12.7 Å². The second kappa shape index (κ2) is 7.50. The molecule has 1 saturated carbocycles. The quantitative estimate of drug-likeness (QED) is 0.372. The zero-order valence-corrected chi connectivity index (χ0v) is 16.0. The van der Waals surface area contributed by atoms with Gasteiger partial charge < -0.3 is 9.47 Å². The van der Waals surface area contributed by atoms with E-state index in [2.05, 4.69) is 20.7 Å². The van der Waals surface area contributed by atoms with Crippen molar-refractivity contribution < 1.29 is 27.4 Å². The minimum Gasteiger partial charge on any atom is -0.460 e. The topological polar surface area (TPSA) is 35.5 Å². The molecule has 0 amide bonds. The molecule has 0 aliphatic heterocycles. The molecule has 2 atom stereocenters. The van der Waals surface area contributed by atoms with Gasteiger partial charge in [0.25, 0.3) is 0 Å². The van der Waals surface area contributed by atoms with Gasteiger partial charge in [-0.3, -0.25) is 4.79 Å². The third-order valence-corrected chi connectivity index (χ3v) is 5.48. The van der Waals surface area contributed by atoms with Crippen LogP contribution >= 0.6 is 15.9 Å². The van der Waals surface area contributed by atoms with E-state index in [0.29, 0.717) is 0 Å². The number of allylic oxidation sites excluding steroid dienone is 2. The van der Waals surface area contributed by atoms with Gasteiger partial charge in [-0.05, 0) is 34.2 Å². The minimum atomic E-state index is -1.34. The first-order chi connectivity index (χ1) is 11.7. The molecule has 1 aliphatic rings. The summed E-state index contributed by atoms with van der Waals surface area (Å²) in [4.78, 5) is 12.2. The molecular formula is C18H20BrF3O3. The lowest BCUT2D eigenvalue weighted by molar-refractivity contribution is -0.147. The zero-order chi connectivity index (χ0) is 18.9. The number of halogens is 4. The standard InChI is InChI=1S/C18H20BrF3O3/c1-5-6-11-12(18(11,2)3)17(23)25-8-9-13(19)14(20)10(7-24-4)16(22)15(9)21/h5-6,11-12H,7-8H2,1-4H3/b6-5-/t11?,12-/m0/s1. The van der Waals surface area contributed by atoms with Crippen LogP contribution in [-0.4, -0.2) is 13.1 Å². The van der Waals surface area contributed by atoms with Crippen LogP contribution in [0.2, 0.25) is 0 Å². The van der Waals surface area contributed by atoms with Gasteiger partial charge in [-0.15, -0.1) is 0 Å². The molecule has 2 rings (SSSR count). The Balaban J connectivity index is 2.18. The highest BCUT2D eigenvalue weighted by molar-refractivity contribution is 9.10. The van der Waals surface area contributed by atoms with Gasteiger partial charge >= 0.3 is 5.97 Å². The van der Waals surface area contributed by atoms with Gasteiger partial charge in [0.2, 0.25) is 0 Å². The number of carbonyl (C=O) groups is 1. The lowest BCUT2D eigenvalue weighted by Gasteiger charge is -2.13. The van der Waals surface area contributed by atoms with Crippen LogP contribution in [0.4, 0.5) is 13.2 Å². The highest BCUT2D eigenvalue weighted by atomic mass is 79.9. The van der Waals surface area contributed by atoms with Crippen LogP contribution in [0.15, 0.2) is 16.6 Å². The Hall–Kier alpha value is -1.34. The highest BCUT2D eigenvalue weighted by Gasteiger charge is 2.61. The molecule has 1 aromatic rings. The smallest absolute Gasteiger partial charge is 0.310 e. The zero-order valence-electron chi connectivity index (χ0n) is 14.5. The summed E-state index contributed by atoms with van der Waals surface area (Å²) in [6, 6.07) is 0. The summed E-state index contributed by atoms with van der Waals surface area (Å²) in [7, 11) is 1.25. The molecule has 138 valence electrons. The summed E-state index contributed by atoms with van der Waals surface area (Å²) >= 11 is 2.91. The van der Waals surface area contributed by atoms with E-state index >= 15 is 0 Å². The Morgan fingerprint density at radius 2 is 1.76 bits per heavy atom. The molecule has 0 saturated heterocycles. The summed E-state index contributed by atoms with van der Waals surface area (Å²) in [5, 5.41) is 0. The maximum absolute atomic E-state index is 14.2. The Labute approximate surface area is 153 Å². The van der Waals surface area contributed by atoms with E-state index in [-0.39, 0.29) is 27.3 Å². The Morgan fingerprint density at radius 3 is 2.32 bits per heavy atom. The predicted molar refractivity (Wildman–Crippen MR) is 90.1 cm³/mol. The summed E-state index contributed by atoms with van der Waals surface area (Å²) in [6.45, 7) is 4.75. The van der Waals surface area contributed by atoms with Gasteiger partial charge in [0.1, 0.15) is 12.4 Å². The predicted octanol–water partition coefficient (Wildman–Crippen LogP) is 4.90. The third kappa shape index (κ3) is 3.62. The lowest BCUT2D eigenvalue weighted by Crippen LogP contribution is -2.13. The van der Waals surface area contributed by atoms with Crippen LogP contribution in [0.25, 0.3) is 0 Å². The Kier molecular flexibility index (Phi) is 5.99. The fourth-order valence-corrected chi connectivity index (χ4v) is 3.58. The number of hydrogen-bond acceptors (Lipinski definition) is 3. The normalized spacial score (nSPS) is 21.6. The first-order valence-electron chi connectivity index (χ1n) is 7.80. The SMILES string of the molecule is C/C=C\C1[C@@H](C(=O)OCc2c(F)c(F)c(COC)c(F)c2Br)C1(C)C. The first-order valence-corrected chi connectivity index (χ1v) is 8.59. The van der Waals surface area contributed by atoms with Crippen LogP contribution < -0.4 is 0 Å². The van der Waals surface area contributed by atoms with Crippen molar-refractivity contribution in [1.29, 1.82) is 0 Å². The van der Waals surface area contributed by atoms with Crippen molar-refractivity contribution in [2.24, 2.45) is 17.3 Å². The number of esters is 1. The van der Waals surface area contributed by atoms with Crippen molar-refractivity contribution in [3.63, 3.8) is 0 Å². The molecule has 0 spiro atoms. The van der Waals surface area contributed by atoms with Crippen LogP contribution in [0.1, 0.15) is 31.9 Å². The Morgan fingerprint density at radius 1 is 1.16 bits per heavy atom. The minimum absolute atomic E-state index is 0.0378. The van der Waals surface area contributed by atoms with Gasteiger partial charge in [0.05, 0.1) is 22.6 Å². The fraction of sp³-hybridized carbons (Fsp3) is 0.500. The second-order valence-corrected chi connectivity index (χ2v) is 7.40. The van der Waals surface area contributed by atoms with Crippen LogP contribution in [0.3, 0.4) is 0 Å².